The molecular weight excluding hydrogens is 338 g/mol. The fraction of sp³-hybridized carbons (Fsp3) is 0.174. The fourth-order valence-corrected chi connectivity index (χ4v) is 3.03. The third-order valence-electron chi connectivity index (χ3n) is 4.51. The number of hydrogen-bond donors (Lipinski definition) is 2. The van der Waals surface area contributed by atoms with E-state index in [1.807, 2.05) is 78.9 Å². The zero-order chi connectivity index (χ0) is 19.1. The van der Waals surface area contributed by atoms with Gasteiger partial charge in [0.25, 0.3) is 0 Å². The van der Waals surface area contributed by atoms with Crippen LogP contribution in [0.1, 0.15) is 11.1 Å². The largest absolute Gasteiger partial charge is 0.496 e. The normalized spacial score (nSPS) is 11.7. The maximum Gasteiger partial charge on any atom is 0.321 e. The van der Waals surface area contributed by atoms with Crippen LogP contribution < -0.4 is 10.1 Å². The Kier molecular flexibility index (Phi) is 6.23. The fourth-order valence-electron chi connectivity index (χ4n) is 3.03. The van der Waals surface area contributed by atoms with E-state index < -0.39 is 12.0 Å². The highest BCUT2D eigenvalue weighted by atomic mass is 16.5. The van der Waals surface area contributed by atoms with Gasteiger partial charge in [0.2, 0.25) is 0 Å². The summed E-state index contributed by atoms with van der Waals surface area (Å²) in [7, 11) is 1.63. The molecule has 0 aromatic heterocycles. The van der Waals surface area contributed by atoms with Crippen molar-refractivity contribution in [3.8, 4) is 16.9 Å². The zero-order valence-electron chi connectivity index (χ0n) is 15.3. The van der Waals surface area contributed by atoms with E-state index in [2.05, 4.69) is 5.32 Å². The van der Waals surface area contributed by atoms with E-state index in [0.29, 0.717) is 13.0 Å². The minimum Gasteiger partial charge on any atom is -0.496 e. The number of carboxylic acids is 1. The van der Waals surface area contributed by atoms with Crippen molar-refractivity contribution < 1.29 is 14.6 Å². The zero-order valence-corrected chi connectivity index (χ0v) is 15.3. The quantitative estimate of drug-likeness (QED) is 0.633. The Balaban J connectivity index is 1.73. The van der Waals surface area contributed by atoms with Crippen molar-refractivity contribution in [2.24, 2.45) is 0 Å². The summed E-state index contributed by atoms with van der Waals surface area (Å²) in [5.74, 6) is -0.119. The number of nitrogens with one attached hydrogen (secondary N) is 1. The topological polar surface area (TPSA) is 58.6 Å². The molecule has 0 saturated heterocycles. The molecule has 3 aromatic rings. The van der Waals surface area contributed by atoms with Gasteiger partial charge in [-0.15, -0.1) is 0 Å². The number of carboxylic acid groups (broad SMARTS) is 1. The Hall–Kier alpha value is -3.11. The Morgan fingerprint density at radius 3 is 2.26 bits per heavy atom. The molecule has 0 heterocycles. The number of carbonyl (C=O) groups is 1. The van der Waals surface area contributed by atoms with Crippen LogP contribution in [-0.2, 0) is 17.8 Å². The summed E-state index contributed by atoms with van der Waals surface area (Å²) < 4.78 is 5.53. The summed E-state index contributed by atoms with van der Waals surface area (Å²) in [6, 6.07) is 25.0. The minimum absolute atomic E-state index is 0.419. The Labute approximate surface area is 159 Å². The Morgan fingerprint density at radius 2 is 1.63 bits per heavy atom. The van der Waals surface area contributed by atoms with Crippen LogP contribution in [0.25, 0.3) is 11.1 Å². The van der Waals surface area contributed by atoms with E-state index in [1.165, 1.54) is 0 Å². The maximum atomic E-state index is 11.6. The summed E-state index contributed by atoms with van der Waals surface area (Å²) in [6.45, 7) is 0.419. The summed E-state index contributed by atoms with van der Waals surface area (Å²) in [6.07, 6.45) is 0.431. The molecule has 3 aromatic carbocycles. The highest BCUT2D eigenvalue weighted by Gasteiger charge is 2.18. The number of rotatable bonds is 8. The van der Waals surface area contributed by atoms with Crippen LogP contribution in [0.3, 0.4) is 0 Å². The molecule has 0 fully saturated rings. The van der Waals surface area contributed by atoms with Gasteiger partial charge in [-0.05, 0) is 29.2 Å². The van der Waals surface area contributed by atoms with Gasteiger partial charge in [-0.1, -0.05) is 72.8 Å². The maximum absolute atomic E-state index is 11.6. The number of hydrogen-bond acceptors (Lipinski definition) is 3. The molecule has 27 heavy (non-hydrogen) atoms. The third kappa shape index (κ3) is 4.96. The highest BCUT2D eigenvalue weighted by Crippen LogP contribution is 2.27. The van der Waals surface area contributed by atoms with Crippen molar-refractivity contribution in [1.29, 1.82) is 0 Å². The number of benzene rings is 3. The number of ether oxygens (including phenoxy) is 1. The van der Waals surface area contributed by atoms with Crippen molar-refractivity contribution in [2.45, 2.75) is 19.0 Å². The van der Waals surface area contributed by atoms with Crippen molar-refractivity contribution in [3.63, 3.8) is 0 Å². The molecule has 0 radical (unpaired) electrons. The summed E-state index contributed by atoms with van der Waals surface area (Å²) in [5.41, 5.74) is 4.10. The van der Waals surface area contributed by atoms with Crippen LogP contribution in [0.4, 0.5) is 0 Å². The van der Waals surface area contributed by atoms with Crippen LogP contribution in [-0.4, -0.2) is 24.2 Å². The van der Waals surface area contributed by atoms with Crippen molar-refractivity contribution in [1.82, 2.24) is 5.32 Å². The molecule has 3 rings (SSSR count). The molecule has 0 saturated carbocycles. The average molecular weight is 361 g/mol. The lowest BCUT2D eigenvalue weighted by Crippen LogP contribution is -2.38. The van der Waals surface area contributed by atoms with Gasteiger partial charge >= 0.3 is 5.97 Å². The van der Waals surface area contributed by atoms with Crippen molar-refractivity contribution >= 4 is 5.97 Å². The smallest absolute Gasteiger partial charge is 0.321 e. The molecule has 0 aliphatic heterocycles. The first-order chi connectivity index (χ1) is 13.2. The Bertz CT molecular complexity index is 879. The van der Waals surface area contributed by atoms with E-state index in [9.17, 15) is 9.90 Å². The molecule has 2 N–H and O–H groups in total. The average Bonchev–Trinajstić information content (AvgIpc) is 2.72. The molecular formula is C23H23NO3. The molecule has 4 heteroatoms. The molecule has 0 bridgehead atoms. The Morgan fingerprint density at radius 1 is 0.963 bits per heavy atom. The second kappa shape index (κ2) is 9.01. The second-order valence-electron chi connectivity index (χ2n) is 6.35. The van der Waals surface area contributed by atoms with Crippen molar-refractivity contribution in [2.75, 3.05) is 7.11 Å². The molecule has 138 valence electrons. The van der Waals surface area contributed by atoms with Crippen LogP contribution >= 0.6 is 0 Å². The number of aliphatic carboxylic acids is 1. The molecule has 0 spiro atoms. The highest BCUT2D eigenvalue weighted by molar-refractivity contribution is 5.74. The standard InChI is InChI=1S/C23H23NO3/c1-27-22-15-19(18-10-6-3-7-11-18)12-13-20(22)16-24-21(23(25)26)14-17-8-4-2-5-9-17/h2-13,15,21,24H,14,16H2,1H3,(H,25,26)/t21-/m1/s1. The first-order valence-corrected chi connectivity index (χ1v) is 8.90. The lowest BCUT2D eigenvalue weighted by Gasteiger charge is -2.17. The van der Waals surface area contributed by atoms with E-state index in [-0.39, 0.29) is 0 Å². The third-order valence-corrected chi connectivity index (χ3v) is 4.51. The van der Waals surface area contributed by atoms with E-state index in [0.717, 1.165) is 28.0 Å². The van der Waals surface area contributed by atoms with E-state index >= 15 is 0 Å². The van der Waals surface area contributed by atoms with Gasteiger partial charge < -0.3 is 9.84 Å². The molecule has 0 aliphatic rings. The van der Waals surface area contributed by atoms with Gasteiger partial charge in [-0.25, -0.2) is 0 Å². The molecule has 0 amide bonds. The second-order valence-corrected chi connectivity index (χ2v) is 6.35. The van der Waals surface area contributed by atoms with E-state index in [1.54, 1.807) is 7.11 Å². The molecule has 0 aliphatic carbocycles. The SMILES string of the molecule is COc1cc(-c2ccccc2)ccc1CN[C@H](Cc1ccccc1)C(=O)O. The monoisotopic (exact) mass is 361 g/mol. The van der Waals surface area contributed by atoms with Crippen molar-refractivity contribution in [3.05, 3.63) is 90.0 Å². The molecule has 4 nitrogen and oxygen atoms in total. The molecule has 1 atom stereocenters. The summed E-state index contributed by atoms with van der Waals surface area (Å²) >= 11 is 0. The summed E-state index contributed by atoms with van der Waals surface area (Å²) in [4.78, 5) is 11.6. The van der Waals surface area contributed by atoms with Crippen LogP contribution in [0.15, 0.2) is 78.9 Å². The van der Waals surface area contributed by atoms with Gasteiger partial charge in [0.15, 0.2) is 0 Å². The van der Waals surface area contributed by atoms with Crippen LogP contribution in [0.2, 0.25) is 0 Å². The predicted molar refractivity (Wildman–Crippen MR) is 107 cm³/mol. The number of methoxy groups -OCH3 is 1. The predicted octanol–water partition coefficient (Wildman–Crippen LogP) is 4.15. The van der Waals surface area contributed by atoms with Gasteiger partial charge in [-0.3, -0.25) is 10.1 Å². The van der Waals surface area contributed by atoms with E-state index in [4.69, 9.17) is 4.74 Å². The van der Waals surface area contributed by atoms with Gasteiger partial charge in [0.1, 0.15) is 11.8 Å². The summed E-state index contributed by atoms with van der Waals surface area (Å²) in [5, 5.41) is 12.7. The molecule has 0 unspecified atom stereocenters. The van der Waals surface area contributed by atoms with Gasteiger partial charge in [-0.2, -0.15) is 0 Å². The van der Waals surface area contributed by atoms with Crippen LogP contribution in [0, 0.1) is 0 Å². The first kappa shape index (κ1) is 18.7. The van der Waals surface area contributed by atoms with Gasteiger partial charge in [0, 0.05) is 12.1 Å². The first-order valence-electron chi connectivity index (χ1n) is 8.90. The van der Waals surface area contributed by atoms with Crippen LogP contribution in [0.5, 0.6) is 5.75 Å². The lowest BCUT2D eigenvalue weighted by molar-refractivity contribution is -0.139. The minimum atomic E-state index is -0.862. The lowest BCUT2D eigenvalue weighted by atomic mass is 10.0. The van der Waals surface area contributed by atoms with Gasteiger partial charge in [0.05, 0.1) is 7.11 Å².